The van der Waals surface area contributed by atoms with Crippen molar-refractivity contribution in [3.63, 3.8) is 0 Å². The van der Waals surface area contributed by atoms with Crippen LogP contribution in [-0.4, -0.2) is 38.1 Å². The largest absolute Gasteiger partial charge is 0.359 e. The first-order chi connectivity index (χ1) is 13.0. The summed E-state index contributed by atoms with van der Waals surface area (Å²) in [6.07, 6.45) is 3.37. The number of nitrogens with zero attached hydrogens (tertiary/aromatic N) is 5. The molecule has 1 saturated heterocycles. The summed E-state index contributed by atoms with van der Waals surface area (Å²) in [4.78, 5) is 18.9. The van der Waals surface area contributed by atoms with Gasteiger partial charge in [-0.05, 0) is 51.8 Å². The predicted molar refractivity (Wildman–Crippen MR) is 107 cm³/mol. The van der Waals surface area contributed by atoms with Crippen LogP contribution in [-0.2, 0) is 6.54 Å². The topological polar surface area (TPSA) is 80.0 Å². The van der Waals surface area contributed by atoms with E-state index in [1.165, 1.54) is 23.3 Å². The van der Waals surface area contributed by atoms with Crippen LogP contribution in [0.15, 0.2) is 4.52 Å². The Morgan fingerprint density at radius 1 is 1.15 bits per heavy atom. The highest BCUT2D eigenvalue weighted by molar-refractivity contribution is 7.18. The standard InChI is InChI=1S/C19H26N6OS/c1-5-14(17-20-13(4)26-24-17)21-18-16-11(2)12(3)27-19(16)23-15(22-18)10-25-8-6-7-9-25/h14H,5-10H2,1-4H3,(H,21,22,23). The van der Waals surface area contributed by atoms with Crippen LogP contribution in [0, 0.1) is 20.8 Å². The molecule has 0 aliphatic carbocycles. The molecule has 1 unspecified atom stereocenters. The SMILES string of the molecule is CCC(Nc1nc(CN2CCCC2)nc2sc(C)c(C)c12)c1noc(C)n1. The summed E-state index contributed by atoms with van der Waals surface area (Å²) >= 11 is 1.74. The molecule has 0 amide bonds. The van der Waals surface area contributed by atoms with Crippen LogP contribution in [0.4, 0.5) is 5.82 Å². The fraction of sp³-hybridized carbons (Fsp3) is 0.579. The monoisotopic (exact) mass is 386 g/mol. The molecule has 3 aromatic rings. The summed E-state index contributed by atoms with van der Waals surface area (Å²) in [6.45, 7) is 11.3. The van der Waals surface area contributed by atoms with Crippen LogP contribution < -0.4 is 5.32 Å². The number of hydrogen-bond donors (Lipinski definition) is 1. The smallest absolute Gasteiger partial charge is 0.223 e. The minimum absolute atomic E-state index is 0.0419. The molecule has 1 N–H and O–H groups in total. The van der Waals surface area contributed by atoms with E-state index < -0.39 is 0 Å². The molecule has 0 aromatic carbocycles. The Hall–Kier alpha value is -2.06. The van der Waals surface area contributed by atoms with Gasteiger partial charge in [-0.25, -0.2) is 9.97 Å². The summed E-state index contributed by atoms with van der Waals surface area (Å²) < 4.78 is 5.17. The van der Waals surface area contributed by atoms with Crippen molar-refractivity contribution in [3.05, 3.63) is 28.0 Å². The molecule has 8 heteroatoms. The van der Waals surface area contributed by atoms with Gasteiger partial charge in [-0.15, -0.1) is 11.3 Å². The molecule has 1 aliphatic heterocycles. The van der Waals surface area contributed by atoms with Crippen LogP contribution in [0.25, 0.3) is 10.2 Å². The van der Waals surface area contributed by atoms with Gasteiger partial charge in [0.15, 0.2) is 5.82 Å². The Kier molecular flexibility index (Phi) is 5.10. The van der Waals surface area contributed by atoms with Crippen LogP contribution in [0.3, 0.4) is 0 Å². The highest BCUT2D eigenvalue weighted by Crippen LogP contribution is 2.35. The number of anilines is 1. The number of fused-ring (bicyclic) bond motifs is 1. The number of likely N-dealkylation sites (tertiary alicyclic amines) is 1. The lowest BCUT2D eigenvalue weighted by atomic mass is 10.1. The normalized spacial score (nSPS) is 16.3. The lowest BCUT2D eigenvalue weighted by molar-refractivity contribution is 0.323. The molecule has 144 valence electrons. The molecule has 1 aliphatic rings. The van der Waals surface area contributed by atoms with E-state index in [0.29, 0.717) is 11.7 Å². The van der Waals surface area contributed by atoms with Crippen molar-refractivity contribution in [1.82, 2.24) is 25.0 Å². The molecule has 0 radical (unpaired) electrons. The van der Waals surface area contributed by atoms with Gasteiger partial charge in [-0.3, -0.25) is 4.90 Å². The molecular formula is C19H26N6OS. The average Bonchev–Trinajstić information content (AvgIpc) is 3.36. The minimum Gasteiger partial charge on any atom is -0.359 e. The molecule has 1 atom stereocenters. The van der Waals surface area contributed by atoms with Crippen molar-refractivity contribution < 1.29 is 4.52 Å². The summed E-state index contributed by atoms with van der Waals surface area (Å²) in [5.41, 5.74) is 1.24. The molecule has 3 aromatic heterocycles. The van der Waals surface area contributed by atoms with E-state index >= 15 is 0 Å². The molecule has 1 fully saturated rings. The zero-order valence-corrected chi connectivity index (χ0v) is 17.2. The summed E-state index contributed by atoms with van der Waals surface area (Å²) in [6, 6.07) is -0.0419. The number of aryl methyl sites for hydroxylation is 3. The lowest BCUT2D eigenvalue weighted by Crippen LogP contribution is -2.21. The zero-order chi connectivity index (χ0) is 19.0. The highest BCUT2D eigenvalue weighted by Gasteiger charge is 2.22. The second-order valence-corrected chi connectivity index (χ2v) is 8.42. The highest BCUT2D eigenvalue weighted by atomic mass is 32.1. The molecule has 0 spiro atoms. The van der Waals surface area contributed by atoms with Crippen molar-refractivity contribution in [2.24, 2.45) is 0 Å². The van der Waals surface area contributed by atoms with Crippen LogP contribution in [0.1, 0.15) is 60.2 Å². The van der Waals surface area contributed by atoms with Gasteiger partial charge in [-0.1, -0.05) is 12.1 Å². The Balaban J connectivity index is 1.72. The van der Waals surface area contributed by atoms with Crippen molar-refractivity contribution in [2.45, 2.75) is 59.5 Å². The van der Waals surface area contributed by atoms with Crippen molar-refractivity contribution in [2.75, 3.05) is 18.4 Å². The summed E-state index contributed by atoms with van der Waals surface area (Å²) in [5.74, 6) is 3.01. The number of rotatable bonds is 6. The second kappa shape index (κ2) is 7.52. The second-order valence-electron chi connectivity index (χ2n) is 7.21. The Labute approximate surface area is 163 Å². The first kappa shape index (κ1) is 18.3. The number of aromatic nitrogens is 4. The van der Waals surface area contributed by atoms with Gasteiger partial charge in [-0.2, -0.15) is 4.98 Å². The van der Waals surface area contributed by atoms with Crippen molar-refractivity contribution in [3.8, 4) is 0 Å². The molecule has 7 nitrogen and oxygen atoms in total. The fourth-order valence-corrected chi connectivity index (χ4v) is 4.63. The molecule has 0 saturated carbocycles. The van der Waals surface area contributed by atoms with Gasteiger partial charge in [0.2, 0.25) is 5.89 Å². The van der Waals surface area contributed by atoms with E-state index in [1.807, 2.05) is 6.92 Å². The molecule has 4 rings (SSSR count). The molecule has 0 bridgehead atoms. The first-order valence-corrected chi connectivity index (χ1v) is 10.4. The van der Waals surface area contributed by atoms with E-state index in [4.69, 9.17) is 14.5 Å². The van der Waals surface area contributed by atoms with Crippen molar-refractivity contribution in [1.29, 1.82) is 0 Å². The van der Waals surface area contributed by atoms with E-state index in [0.717, 1.165) is 47.9 Å². The Morgan fingerprint density at radius 3 is 2.59 bits per heavy atom. The minimum atomic E-state index is -0.0419. The quantitative estimate of drug-likeness (QED) is 0.681. The number of thiophene rings is 1. The third-order valence-electron chi connectivity index (χ3n) is 5.21. The average molecular weight is 387 g/mol. The van der Waals surface area contributed by atoms with Gasteiger partial charge in [0.25, 0.3) is 0 Å². The zero-order valence-electron chi connectivity index (χ0n) is 16.4. The molecular weight excluding hydrogens is 360 g/mol. The third-order valence-corrected chi connectivity index (χ3v) is 6.31. The van der Waals surface area contributed by atoms with E-state index in [9.17, 15) is 0 Å². The van der Waals surface area contributed by atoms with Crippen LogP contribution in [0.5, 0.6) is 0 Å². The van der Waals surface area contributed by atoms with Gasteiger partial charge >= 0.3 is 0 Å². The first-order valence-electron chi connectivity index (χ1n) is 9.61. The molecule has 27 heavy (non-hydrogen) atoms. The summed E-state index contributed by atoms with van der Waals surface area (Å²) in [5, 5.41) is 8.78. The van der Waals surface area contributed by atoms with E-state index in [1.54, 1.807) is 11.3 Å². The third kappa shape index (κ3) is 3.68. The maximum atomic E-state index is 5.17. The van der Waals surface area contributed by atoms with Crippen molar-refractivity contribution >= 4 is 27.4 Å². The molecule has 4 heterocycles. The maximum absolute atomic E-state index is 5.17. The number of hydrogen-bond acceptors (Lipinski definition) is 8. The van der Waals surface area contributed by atoms with E-state index in [-0.39, 0.29) is 6.04 Å². The van der Waals surface area contributed by atoms with Gasteiger partial charge in [0, 0.05) is 11.8 Å². The van der Waals surface area contributed by atoms with E-state index in [2.05, 4.69) is 41.1 Å². The van der Waals surface area contributed by atoms with Gasteiger partial charge < -0.3 is 9.84 Å². The number of nitrogens with one attached hydrogen (secondary N) is 1. The lowest BCUT2D eigenvalue weighted by Gasteiger charge is -2.18. The Morgan fingerprint density at radius 2 is 1.93 bits per heavy atom. The van der Waals surface area contributed by atoms with Gasteiger partial charge in [0.1, 0.15) is 16.5 Å². The maximum Gasteiger partial charge on any atom is 0.223 e. The van der Waals surface area contributed by atoms with Crippen LogP contribution >= 0.6 is 11.3 Å². The van der Waals surface area contributed by atoms with Gasteiger partial charge in [0.05, 0.1) is 18.0 Å². The summed E-state index contributed by atoms with van der Waals surface area (Å²) in [7, 11) is 0. The fourth-order valence-electron chi connectivity index (χ4n) is 3.58. The van der Waals surface area contributed by atoms with Crippen LogP contribution in [0.2, 0.25) is 0 Å². The Bertz CT molecular complexity index is 943. The predicted octanol–water partition coefficient (Wildman–Crippen LogP) is 4.16.